The zero-order valence-electron chi connectivity index (χ0n) is 11.8. The molecule has 4 fully saturated rings. The molecule has 0 aromatic carbocycles. The summed E-state index contributed by atoms with van der Waals surface area (Å²) >= 11 is 0. The summed E-state index contributed by atoms with van der Waals surface area (Å²) in [4.78, 5) is 12.2. The quantitative estimate of drug-likeness (QED) is 0.644. The van der Waals surface area contributed by atoms with Crippen LogP contribution in [-0.4, -0.2) is 34.5 Å². The SMILES string of the molecule is CC1(C)CC2C(C1)C(C)(O)C13CC1(COC3=O)C2O. The van der Waals surface area contributed by atoms with Gasteiger partial charge in [0.05, 0.1) is 17.1 Å². The van der Waals surface area contributed by atoms with Crippen LogP contribution in [-0.2, 0) is 9.53 Å². The largest absolute Gasteiger partial charge is 0.464 e. The average molecular weight is 266 g/mol. The Morgan fingerprint density at radius 2 is 1.95 bits per heavy atom. The number of hydrogen-bond acceptors (Lipinski definition) is 4. The molecule has 1 heterocycles. The fourth-order valence-electron chi connectivity index (χ4n) is 5.81. The molecule has 0 radical (unpaired) electrons. The maximum absolute atomic E-state index is 12.2. The van der Waals surface area contributed by atoms with E-state index in [9.17, 15) is 15.0 Å². The Morgan fingerprint density at radius 3 is 2.63 bits per heavy atom. The number of esters is 1. The standard InChI is InChI=1S/C15H22O4/c1-12(2)4-8-9(5-12)13(3,18)15-6-14(15,10(8)16)7-19-11(15)17/h8-10,16,18H,4-7H2,1-3H3. The van der Waals surface area contributed by atoms with Crippen LogP contribution in [0.5, 0.6) is 0 Å². The molecule has 4 heteroatoms. The first-order chi connectivity index (χ1) is 8.68. The predicted octanol–water partition coefficient (Wildman–Crippen LogP) is 1.10. The first kappa shape index (κ1) is 12.2. The van der Waals surface area contributed by atoms with Crippen molar-refractivity contribution in [3.05, 3.63) is 0 Å². The molecule has 0 aromatic rings. The molecule has 3 aliphatic carbocycles. The van der Waals surface area contributed by atoms with Crippen molar-refractivity contribution in [1.29, 1.82) is 0 Å². The Bertz CT molecular complexity index is 483. The molecule has 3 saturated carbocycles. The highest BCUT2D eigenvalue weighted by Crippen LogP contribution is 2.81. The number of ether oxygens (including phenoxy) is 1. The Morgan fingerprint density at radius 1 is 1.26 bits per heavy atom. The molecule has 6 atom stereocenters. The van der Waals surface area contributed by atoms with Crippen LogP contribution in [0, 0.1) is 28.1 Å². The van der Waals surface area contributed by atoms with Crippen molar-refractivity contribution in [2.45, 2.75) is 51.7 Å². The van der Waals surface area contributed by atoms with Crippen LogP contribution >= 0.6 is 0 Å². The maximum atomic E-state index is 12.2. The lowest BCUT2D eigenvalue weighted by atomic mass is 9.60. The van der Waals surface area contributed by atoms with Crippen molar-refractivity contribution in [2.24, 2.45) is 28.1 Å². The van der Waals surface area contributed by atoms with Crippen molar-refractivity contribution < 1.29 is 19.7 Å². The van der Waals surface area contributed by atoms with E-state index in [1.165, 1.54) is 0 Å². The highest BCUT2D eigenvalue weighted by molar-refractivity contribution is 5.87. The zero-order chi connectivity index (χ0) is 13.8. The molecule has 4 aliphatic rings. The predicted molar refractivity (Wildman–Crippen MR) is 67.1 cm³/mol. The van der Waals surface area contributed by atoms with Gasteiger partial charge in [0.25, 0.3) is 0 Å². The third-order valence-corrected chi connectivity index (χ3v) is 6.75. The summed E-state index contributed by atoms with van der Waals surface area (Å²) in [5.41, 5.74) is -2.25. The van der Waals surface area contributed by atoms with Gasteiger partial charge in [-0.2, -0.15) is 0 Å². The third kappa shape index (κ3) is 1.03. The van der Waals surface area contributed by atoms with Gasteiger partial charge in [0.2, 0.25) is 0 Å². The number of carbonyl (C=O) groups is 1. The highest BCUT2D eigenvalue weighted by Gasteiger charge is 2.90. The molecular weight excluding hydrogens is 244 g/mol. The first-order valence-electron chi connectivity index (χ1n) is 7.26. The van der Waals surface area contributed by atoms with Crippen LogP contribution in [0.3, 0.4) is 0 Å². The monoisotopic (exact) mass is 266 g/mol. The molecule has 0 aromatic heterocycles. The van der Waals surface area contributed by atoms with Gasteiger partial charge in [-0.15, -0.1) is 0 Å². The molecule has 4 rings (SSSR count). The first-order valence-corrected chi connectivity index (χ1v) is 7.26. The minimum atomic E-state index is -1.04. The second kappa shape index (κ2) is 2.86. The molecule has 1 saturated heterocycles. The van der Waals surface area contributed by atoms with E-state index in [1.807, 2.05) is 0 Å². The molecule has 0 spiro atoms. The van der Waals surface area contributed by atoms with Crippen molar-refractivity contribution in [3.63, 3.8) is 0 Å². The number of aliphatic hydroxyl groups excluding tert-OH is 1. The van der Waals surface area contributed by atoms with E-state index >= 15 is 0 Å². The van der Waals surface area contributed by atoms with Crippen LogP contribution in [0.15, 0.2) is 0 Å². The summed E-state index contributed by atoms with van der Waals surface area (Å²) in [6.45, 7) is 6.45. The number of fused-ring (bicyclic) bond motifs is 1. The van der Waals surface area contributed by atoms with Crippen LogP contribution in [0.25, 0.3) is 0 Å². The lowest BCUT2D eigenvalue weighted by molar-refractivity contribution is -0.172. The number of rotatable bonds is 0. The molecule has 0 bridgehead atoms. The Labute approximate surface area is 113 Å². The van der Waals surface area contributed by atoms with Gasteiger partial charge in [0.1, 0.15) is 12.0 Å². The van der Waals surface area contributed by atoms with Gasteiger partial charge in [0.15, 0.2) is 0 Å². The molecule has 19 heavy (non-hydrogen) atoms. The second-order valence-corrected chi connectivity index (χ2v) is 8.25. The minimum absolute atomic E-state index is 0.00113. The Kier molecular flexibility index (Phi) is 1.83. The topological polar surface area (TPSA) is 66.8 Å². The lowest BCUT2D eigenvalue weighted by Gasteiger charge is -2.47. The van der Waals surface area contributed by atoms with Crippen molar-refractivity contribution in [1.82, 2.24) is 0 Å². The van der Waals surface area contributed by atoms with E-state index in [1.54, 1.807) is 6.92 Å². The smallest absolute Gasteiger partial charge is 0.315 e. The normalized spacial score (nSPS) is 61.1. The van der Waals surface area contributed by atoms with E-state index < -0.39 is 22.5 Å². The highest BCUT2D eigenvalue weighted by atomic mass is 16.5. The van der Waals surface area contributed by atoms with Gasteiger partial charge in [-0.05, 0) is 43.4 Å². The minimum Gasteiger partial charge on any atom is -0.464 e. The molecule has 2 N–H and O–H groups in total. The Balaban J connectivity index is 1.85. The number of hydrogen-bond donors (Lipinski definition) is 2. The maximum Gasteiger partial charge on any atom is 0.315 e. The molecule has 4 nitrogen and oxygen atoms in total. The van der Waals surface area contributed by atoms with E-state index in [-0.39, 0.29) is 29.8 Å². The molecular formula is C15H22O4. The van der Waals surface area contributed by atoms with E-state index in [2.05, 4.69) is 13.8 Å². The van der Waals surface area contributed by atoms with E-state index in [0.717, 1.165) is 12.8 Å². The molecule has 0 amide bonds. The van der Waals surface area contributed by atoms with Crippen LogP contribution in [0.4, 0.5) is 0 Å². The summed E-state index contributed by atoms with van der Waals surface area (Å²) in [5, 5.41) is 21.9. The second-order valence-electron chi connectivity index (χ2n) is 8.25. The fourth-order valence-corrected chi connectivity index (χ4v) is 5.81. The van der Waals surface area contributed by atoms with E-state index in [0.29, 0.717) is 6.42 Å². The van der Waals surface area contributed by atoms with Crippen molar-refractivity contribution in [3.8, 4) is 0 Å². The van der Waals surface area contributed by atoms with Crippen molar-refractivity contribution >= 4 is 5.97 Å². The molecule has 1 aliphatic heterocycles. The van der Waals surface area contributed by atoms with Gasteiger partial charge in [0, 0.05) is 0 Å². The summed E-state index contributed by atoms with van der Waals surface area (Å²) in [6.07, 6.45) is 1.87. The van der Waals surface area contributed by atoms with Gasteiger partial charge < -0.3 is 14.9 Å². The van der Waals surface area contributed by atoms with Crippen LogP contribution < -0.4 is 0 Å². The number of aliphatic hydroxyl groups is 2. The Hall–Kier alpha value is -0.610. The van der Waals surface area contributed by atoms with Crippen molar-refractivity contribution in [2.75, 3.05) is 6.61 Å². The summed E-state index contributed by atoms with van der Waals surface area (Å²) in [7, 11) is 0. The summed E-state index contributed by atoms with van der Waals surface area (Å²) in [6, 6.07) is 0. The summed E-state index contributed by atoms with van der Waals surface area (Å²) < 4.78 is 5.21. The zero-order valence-corrected chi connectivity index (χ0v) is 11.8. The van der Waals surface area contributed by atoms with Gasteiger partial charge >= 0.3 is 5.97 Å². The fraction of sp³-hybridized carbons (Fsp3) is 0.933. The van der Waals surface area contributed by atoms with Gasteiger partial charge in [-0.25, -0.2) is 0 Å². The lowest BCUT2D eigenvalue weighted by Crippen LogP contribution is -2.58. The third-order valence-electron chi connectivity index (χ3n) is 6.75. The molecule has 106 valence electrons. The van der Waals surface area contributed by atoms with Gasteiger partial charge in [-0.1, -0.05) is 13.8 Å². The summed E-state index contributed by atoms with van der Waals surface area (Å²) in [5.74, 6) is -0.200. The number of carbonyl (C=O) groups excluding carboxylic acids is 1. The van der Waals surface area contributed by atoms with Crippen LogP contribution in [0.1, 0.15) is 40.0 Å². The number of cyclic esters (lactones) is 1. The molecule has 6 unspecified atom stereocenters. The van der Waals surface area contributed by atoms with E-state index in [4.69, 9.17) is 4.74 Å². The average Bonchev–Trinajstić information content (AvgIpc) is 2.80. The van der Waals surface area contributed by atoms with Gasteiger partial charge in [-0.3, -0.25) is 4.79 Å². The van der Waals surface area contributed by atoms with Crippen LogP contribution in [0.2, 0.25) is 0 Å².